The number of pyridine rings is 1. The average molecular weight is 335 g/mol. The maximum atomic E-state index is 12.4. The van der Waals surface area contributed by atoms with Gasteiger partial charge >= 0.3 is 0 Å². The van der Waals surface area contributed by atoms with Crippen molar-refractivity contribution in [2.24, 2.45) is 13.0 Å². The van der Waals surface area contributed by atoms with Gasteiger partial charge in [-0.2, -0.15) is 5.10 Å². The molecule has 1 aliphatic heterocycles. The Labute approximate surface area is 139 Å². The molecule has 0 saturated carbocycles. The fourth-order valence-electron chi connectivity index (χ4n) is 2.75. The Balaban J connectivity index is 1.68. The van der Waals surface area contributed by atoms with Crippen molar-refractivity contribution in [1.82, 2.24) is 20.1 Å². The third-order valence-corrected chi connectivity index (χ3v) is 4.69. The van der Waals surface area contributed by atoms with Crippen LogP contribution in [0.2, 0.25) is 5.02 Å². The lowest BCUT2D eigenvalue weighted by Gasteiger charge is -2.18. The Morgan fingerprint density at radius 3 is 2.83 bits per heavy atom. The molecule has 2 aromatic heterocycles. The average Bonchev–Trinajstić information content (AvgIpc) is 3.08. The number of halogens is 1. The van der Waals surface area contributed by atoms with Gasteiger partial charge in [-0.15, -0.1) is 0 Å². The first-order valence-electron chi connectivity index (χ1n) is 7.53. The van der Waals surface area contributed by atoms with E-state index in [1.165, 1.54) is 5.56 Å². The zero-order valence-electron chi connectivity index (χ0n) is 13.1. The van der Waals surface area contributed by atoms with E-state index in [1.807, 2.05) is 19.1 Å². The zero-order chi connectivity index (χ0) is 16.4. The van der Waals surface area contributed by atoms with Gasteiger partial charge in [-0.3, -0.25) is 14.5 Å². The molecular formula is C16H19ClN4O2. The molecule has 2 atom stereocenters. The van der Waals surface area contributed by atoms with Crippen molar-refractivity contribution in [3.63, 3.8) is 0 Å². The molecule has 1 N–H and O–H groups in total. The van der Waals surface area contributed by atoms with E-state index in [9.17, 15) is 4.79 Å². The number of nitrogens with zero attached hydrogens (tertiary/aromatic N) is 3. The minimum Gasteiger partial charge on any atom is -0.379 e. The maximum absolute atomic E-state index is 12.4. The van der Waals surface area contributed by atoms with Gasteiger partial charge in [0.15, 0.2) is 5.69 Å². The van der Waals surface area contributed by atoms with E-state index >= 15 is 0 Å². The summed E-state index contributed by atoms with van der Waals surface area (Å²) in [6.07, 6.45) is 4.38. The molecule has 0 radical (unpaired) electrons. The van der Waals surface area contributed by atoms with E-state index < -0.39 is 0 Å². The lowest BCUT2D eigenvalue weighted by molar-refractivity contribution is 0.0919. The molecule has 1 amide bonds. The Hall–Kier alpha value is -1.92. The lowest BCUT2D eigenvalue weighted by atomic mass is 9.95. The van der Waals surface area contributed by atoms with Crippen LogP contribution >= 0.6 is 11.6 Å². The molecule has 1 aliphatic rings. The molecule has 3 rings (SSSR count). The largest absolute Gasteiger partial charge is 0.379 e. The lowest BCUT2D eigenvalue weighted by Crippen LogP contribution is -2.41. The van der Waals surface area contributed by atoms with Crippen LogP contribution in [0.3, 0.4) is 0 Å². The van der Waals surface area contributed by atoms with Crippen molar-refractivity contribution in [3.05, 3.63) is 46.5 Å². The van der Waals surface area contributed by atoms with Crippen molar-refractivity contribution in [2.45, 2.75) is 19.4 Å². The smallest absolute Gasteiger partial charge is 0.273 e. The number of aromatic nitrogens is 3. The van der Waals surface area contributed by atoms with Gasteiger partial charge in [0.1, 0.15) is 0 Å². The second-order valence-electron chi connectivity index (χ2n) is 5.81. The van der Waals surface area contributed by atoms with Crippen LogP contribution in [0.4, 0.5) is 0 Å². The normalized spacial score (nSPS) is 20.7. The first kappa shape index (κ1) is 16.0. The van der Waals surface area contributed by atoms with E-state index in [4.69, 9.17) is 16.3 Å². The maximum Gasteiger partial charge on any atom is 0.273 e. The topological polar surface area (TPSA) is 69.0 Å². The second-order valence-corrected chi connectivity index (χ2v) is 6.19. The fraction of sp³-hybridized carbons (Fsp3) is 0.438. The van der Waals surface area contributed by atoms with Gasteiger partial charge in [0, 0.05) is 25.4 Å². The molecular weight excluding hydrogens is 316 g/mol. The highest BCUT2D eigenvalue weighted by Crippen LogP contribution is 2.22. The predicted octanol–water partition coefficient (Wildman–Crippen LogP) is 1.76. The summed E-state index contributed by atoms with van der Waals surface area (Å²) < 4.78 is 7.16. The van der Waals surface area contributed by atoms with Gasteiger partial charge in [-0.05, 0) is 31.0 Å². The number of nitrogens with one attached hydrogen (secondary N) is 1. The summed E-state index contributed by atoms with van der Waals surface area (Å²) in [6, 6.07) is 3.92. The van der Waals surface area contributed by atoms with Gasteiger partial charge in [-0.25, -0.2) is 0 Å². The van der Waals surface area contributed by atoms with E-state index in [2.05, 4.69) is 15.4 Å². The molecule has 6 nitrogen and oxygen atoms in total. The van der Waals surface area contributed by atoms with Gasteiger partial charge in [0.25, 0.3) is 5.91 Å². The standard InChI is InChI=1S/C16H19ClN4O2/c1-10-14(17)15(20-21(10)2)16(22)19-13-9-23-8-12(13)7-11-3-5-18-6-4-11/h3-6,12-13H,7-9H2,1-2H3,(H,19,22)/t12-,13+/m1/s1. The van der Waals surface area contributed by atoms with Crippen LogP contribution in [0.5, 0.6) is 0 Å². The van der Waals surface area contributed by atoms with E-state index in [0.717, 1.165) is 12.1 Å². The van der Waals surface area contributed by atoms with Crippen molar-refractivity contribution in [1.29, 1.82) is 0 Å². The van der Waals surface area contributed by atoms with Crippen LogP contribution in [0.15, 0.2) is 24.5 Å². The summed E-state index contributed by atoms with van der Waals surface area (Å²) >= 11 is 6.18. The number of carbonyl (C=O) groups is 1. The number of ether oxygens (including phenoxy) is 1. The minimum atomic E-state index is -0.256. The third kappa shape index (κ3) is 3.38. The molecule has 7 heteroatoms. The highest BCUT2D eigenvalue weighted by molar-refractivity contribution is 6.34. The number of rotatable bonds is 4. The van der Waals surface area contributed by atoms with Gasteiger partial charge in [0.05, 0.1) is 30.0 Å². The monoisotopic (exact) mass is 334 g/mol. The summed E-state index contributed by atoms with van der Waals surface area (Å²) in [5.74, 6) is -0.0288. The van der Waals surface area contributed by atoms with Crippen LogP contribution in [-0.2, 0) is 18.2 Å². The molecule has 0 aromatic carbocycles. The first-order valence-corrected chi connectivity index (χ1v) is 7.90. The predicted molar refractivity (Wildman–Crippen MR) is 86.5 cm³/mol. The van der Waals surface area contributed by atoms with E-state index in [-0.39, 0.29) is 23.6 Å². The van der Waals surface area contributed by atoms with Crippen LogP contribution < -0.4 is 5.32 Å². The molecule has 122 valence electrons. The second kappa shape index (κ2) is 6.68. The third-order valence-electron chi connectivity index (χ3n) is 4.24. The molecule has 0 aliphatic carbocycles. The van der Waals surface area contributed by atoms with E-state index in [0.29, 0.717) is 18.2 Å². The number of amides is 1. The summed E-state index contributed by atoms with van der Waals surface area (Å²) in [6.45, 7) is 2.96. The highest BCUT2D eigenvalue weighted by Gasteiger charge is 2.31. The molecule has 1 saturated heterocycles. The molecule has 2 aromatic rings. The fourth-order valence-corrected chi connectivity index (χ4v) is 2.99. The number of hydrogen-bond acceptors (Lipinski definition) is 4. The van der Waals surface area contributed by atoms with Crippen LogP contribution in [0, 0.1) is 12.8 Å². The number of carbonyl (C=O) groups excluding carboxylic acids is 1. The molecule has 0 spiro atoms. The highest BCUT2D eigenvalue weighted by atomic mass is 35.5. The number of aryl methyl sites for hydroxylation is 1. The Morgan fingerprint density at radius 2 is 2.17 bits per heavy atom. The molecule has 23 heavy (non-hydrogen) atoms. The first-order chi connectivity index (χ1) is 11.1. The van der Waals surface area contributed by atoms with Crippen molar-refractivity contribution >= 4 is 17.5 Å². The van der Waals surface area contributed by atoms with Crippen molar-refractivity contribution in [3.8, 4) is 0 Å². The summed E-state index contributed by atoms with van der Waals surface area (Å²) in [4.78, 5) is 16.5. The zero-order valence-corrected chi connectivity index (χ0v) is 13.9. The number of hydrogen-bond donors (Lipinski definition) is 1. The summed E-state index contributed by atoms with van der Waals surface area (Å²) in [7, 11) is 1.77. The van der Waals surface area contributed by atoms with Crippen LogP contribution in [-0.4, -0.2) is 39.9 Å². The van der Waals surface area contributed by atoms with Crippen LogP contribution in [0.1, 0.15) is 21.7 Å². The summed E-state index contributed by atoms with van der Waals surface area (Å²) in [5, 5.41) is 7.59. The molecule has 3 heterocycles. The molecule has 1 fully saturated rings. The Kier molecular flexibility index (Phi) is 4.63. The SMILES string of the molecule is Cc1c(Cl)c(C(=O)N[C@H]2COC[C@H]2Cc2ccncc2)nn1C. The quantitative estimate of drug-likeness (QED) is 0.925. The Bertz CT molecular complexity index is 702. The van der Waals surface area contributed by atoms with Gasteiger partial charge < -0.3 is 10.1 Å². The Morgan fingerprint density at radius 1 is 1.43 bits per heavy atom. The van der Waals surface area contributed by atoms with Crippen molar-refractivity contribution in [2.75, 3.05) is 13.2 Å². The van der Waals surface area contributed by atoms with Gasteiger partial charge in [-0.1, -0.05) is 11.6 Å². The molecule has 0 bridgehead atoms. The van der Waals surface area contributed by atoms with Gasteiger partial charge in [0.2, 0.25) is 0 Å². The van der Waals surface area contributed by atoms with E-state index in [1.54, 1.807) is 24.1 Å². The molecule has 0 unspecified atom stereocenters. The van der Waals surface area contributed by atoms with Crippen LogP contribution in [0.25, 0.3) is 0 Å². The summed E-state index contributed by atoms with van der Waals surface area (Å²) in [5.41, 5.74) is 2.22. The minimum absolute atomic E-state index is 0.0472. The van der Waals surface area contributed by atoms with Crippen molar-refractivity contribution < 1.29 is 9.53 Å².